The Balaban J connectivity index is 1.99. The van der Waals surface area contributed by atoms with Crippen LogP contribution >= 0.6 is 0 Å². The van der Waals surface area contributed by atoms with Crippen LogP contribution in [-0.4, -0.2) is 17.6 Å². The van der Waals surface area contributed by atoms with Crippen molar-refractivity contribution in [2.24, 2.45) is 5.92 Å². The predicted octanol–water partition coefficient (Wildman–Crippen LogP) is 2.03. The van der Waals surface area contributed by atoms with Crippen molar-refractivity contribution < 1.29 is 9.90 Å². The lowest BCUT2D eigenvalue weighted by molar-refractivity contribution is -0.128. The number of aliphatic hydroxyl groups excluding tert-OH is 1. The zero-order valence-corrected chi connectivity index (χ0v) is 9.93. The summed E-state index contributed by atoms with van der Waals surface area (Å²) in [5.41, 5.74) is 1.06. The minimum Gasteiger partial charge on any atom is -0.396 e. The molecule has 1 aromatic carbocycles. The summed E-state index contributed by atoms with van der Waals surface area (Å²) in [4.78, 5) is 11.9. The van der Waals surface area contributed by atoms with Crippen LogP contribution in [0.25, 0.3) is 0 Å². The molecule has 1 atom stereocenters. The number of hydrogen-bond acceptors (Lipinski definition) is 2. The van der Waals surface area contributed by atoms with E-state index in [-0.39, 0.29) is 24.5 Å². The second kappa shape index (κ2) is 5.82. The molecule has 1 unspecified atom stereocenters. The van der Waals surface area contributed by atoms with Crippen molar-refractivity contribution in [3.05, 3.63) is 35.9 Å². The number of carbonyl (C=O) groups excluding carboxylic acids is 1. The lowest BCUT2D eigenvalue weighted by Crippen LogP contribution is -2.37. The normalized spacial score (nSPS) is 17.2. The second-order valence-electron chi connectivity index (χ2n) is 4.61. The van der Waals surface area contributed by atoms with Crippen LogP contribution in [0.5, 0.6) is 0 Å². The van der Waals surface area contributed by atoms with Gasteiger partial charge in [0.15, 0.2) is 0 Å². The Kier molecular flexibility index (Phi) is 4.15. The van der Waals surface area contributed by atoms with E-state index in [2.05, 4.69) is 5.32 Å². The fourth-order valence-corrected chi connectivity index (χ4v) is 2.10. The molecule has 3 heteroatoms. The molecule has 1 aromatic rings. The average Bonchev–Trinajstić information content (AvgIpc) is 2.27. The third-order valence-corrected chi connectivity index (χ3v) is 3.41. The number of rotatable bonds is 5. The molecule has 0 bridgehead atoms. The Bertz CT molecular complexity index is 360. The van der Waals surface area contributed by atoms with E-state index in [1.54, 1.807) is 0 Å². The van der Waals surface area contributed by atoms with Crippen molar-refractivity contribution in [3.8, 4) is 0 Å². The molecule has 0 aromatic heterocycles. The third-order valence-electron chi connectivity index (χ3n) is 3.41. The van der Waals surface area contributed by atoms with Crippen LogP contribution in [0.4, 0.5) is 0 Å². The Hall–Kier alpha value is -1.35. The second-order valence-corrected chi connectivity index (χ2v) is 4.61. The summed E-state index contributed by atoms with van der Waals surface area (Å²) in [6.45, 7) is 0.0878. The maximum Gasteiger partial charge on any atom is 0.223 e. The van der Waals surface area contributed by atoms with Crippen molar-refractivity contribution in [3.63, 3.8) is 0 Å². The molecule has 2 rings (SSSR count). The SMILES string of the molecule is O=C(NC(CCO)c1ccccc1)C1CCC1. The topological polar surface area (TPSA) is 49.3 Å². The summed E-state index contributed by atoms with van der Waals surface area (Å²) in [5.74, 6) is 0.332. The standard InChI is InChI=1S/C14H19NO2/c16-10-9-13(11-5-2-1-3-6-11)15-14(17)12-7-4-8-12/h1-3,5-6,12-13,16H,4,7-10H2,(H,15,17). The average molecular weight is 233 g/mol. The summed E-state index contributed by atoms with van der Waals surface area (Å²) in [6, 6.07) is 9.77. The Labute approximate surface area is 102 Å². The van der Waals surface area contributed by atoms with Gasteiger partial charge in [-0.15, -0.1) is 0 Å². The quantitative estimate of drug-likeness (QED) is 0.817. The smallest absolute Gasteiger partial charge is 0.223 e. The molecule has 0 spiro atoms. The van der Waals surface area contributed by atoms with E-state index in [1.165, 1.54) is 0 Å². The first-order valence-corrected chi connectivity index (χ1v) is 6.27. The number of hydrogen-bond donors (Lipinski definition) is 2. The van der Waals surface area contributed by atoms with Crippen LogP contribution in [0, 0.1) is 5.92 Å². The van der Waals surface area contributed by atoms with E-state index in [4.69, 9.17) is 5.11 Å². The van der Waals surface area contributed by atoms with Gasteiger partial charge in [0.1, 0.15) is 0 Å². The van der Waals surface area contributed by atoms with E-state index in [9.17, 15) is 4.79 Å². The maximum atomic E-state index is 11.9. The fourth-order valence-electron chi connectivity index (χ4n) is 2.10. The number of benzene rings is 1. The number of nitrogens with one attached hydrogen (secondary N) is 1. The van der Waals surface area contributed by atoms with Crippen LogP contribution in [0.15, 0.2) is 30.3 Å². The molecule has 92 valence electrons. The fraction of sp³-hybridized carbons (Fsp3) is 0.500. The Morgan fingerprint density at radius 2 is 2.06 bits per heavy atom. The summed E-state index contributed by atoms with van der Waals surface area (Å²) in [5, 5.41) is 12.1. The van der Waals surface area contributed by atoms with Crippen LogP contribution in [0.2, 0.25) is 0 Å². The van der Waals surface area contributed by atoms with E-state index in [0.717, 1.165) is 24.8 Å². The number of amides is 1. The van der Waals surface area contributed by atoms with Gasteiger partial charge in [-0.1, -0.05) is 36.8 Å². The molecule has 0 radical (unpaired) electrons. The summed E-state index contributed by atoms with van der Waals surface area (Å²) >= 11 is 0. The van der Waals surface area contributed by atoms with Crippen LogP contribution in [0.3, 0.4) is 0 Å². The highest BCUT2D eigenvalue weighted by Gasteiger charge is 2.27. The summed E-state index contributed by atoms with van der Waals surface area (Å²) in [7, 11) is 0. The molecule has 0 saturated heterocycles. The van der Waals surface area contributed by atoms with Gasteiger partial charge in [0.25, 0.3) is 0 Å². The Morgan fingerprint density at radius 1 is 1.35 bits per heavy atom. The number of carbonyl (C=O) groups is 1. The van der Waals surface area contributed by atoms with Gasteiger partial charge < -0.3 is 10.4 Å². The largest absolute Gasteiger partial charge is 0.396 e. The molecular formula is C14H19NO2. The Morgan fingerprint density at radius 3 is 2.59 bits per heavy atom. The molecule has 0 heterocycles. The van der Waals surface area contributed by atoms with Crippen molar-refractivity contribution in [2.75, 3.05) is 6.61 Å². The van der Waals surface area contributed by atoms with Gasteiger partial charge in [-0.05, 0) is 24.8 Å². The highest BCUT2D eigenvalue weighted by Crippen LogP contribution is 2.27. The van der Waals surface area contributed by atoms with Gasteiger partial charge in [-0.3, -0.25) is 4.79 Å². The van der Waals surface area contributed by atoms with Gasteiger partial charge in [0, 0.05) is 12.5 Å². The molecule has 3 nitrogen and oxygen atoms in total. The van der Waals surface area contributed by atoms with E-state index < -0.39 is 0 Å². The van der Waals surface area contributed by atoms with Crippen LogP contribution in [-0.2, 0) is 4.79 Å². The minimum atomic E-state index is -0.0608. The third kappa shape index (κ3) is 3.07. The van der Waals surface area contributed by atoms with E-state index in [0.29, 0.717) is 6.42 Å². The van der Waals surface area contributed by atoms with Gasteiger partial charge in [-0.25, -0.2) is 0 Å². The lowest BCUT2D eigenvalue weighted by Gasteiger charge is -2.27. The van der Waals surface area contributed by atoms with Gasteiger partial charge in [0.2, 0.25) is 5.91 Å². The zero-order valence-electron chi connectivity index (χ0n) is 9.93. The number of aliphatic hydroxyl groups is 1. The first-order valence-electron chi connectivity index (χ1n) is 6.27. The maximum absolute atomic E-state index is 11.9. The molecule has 1 fully saturated rings. The molecule has 0 aliphatic heterocycles. The molecule has 17 heavy (non-hydrogen) atoms. The van der Waals surface area contributed by atoms with Crippen molar-refractivity contribution in [1.82, 2.24) is 5.32 Å². The summed E-state index contributed by atoms with van der Waals surface area (Å²) < 4.78 is 0. The first-order chi connectivity index (χ1) is 8.31. The highest BCUT2D eigenvalue weighted by molar-refractivity contribution is 5.79. The van der Waals surface area contributed by atoms with Crippen molar-refractivity contribution in [1.29, 1.82) is 0 Å². The van der Waals surface area contributed by atoms with E-state index in [1.807, 2.05) is 30.3 Å². The first kappa shape index (κ1) is 12.1. The lowest BCUT2D eigenvalue weighted by atomic mass is 9.84. The molecular weight excluding hydrogens is 214 g/mol. The minimum absolute atomic E-state index is 0.0608. The van der Waals surface area contributed by atoms with Gasteiger partial charge in [-0.2, -0.15) is 0 Å². The van der Waals surface area contributed by atoms with Gasteiger partial charge in [0.05, 0.1) is 6.04 Å². The molecule has 1 amide bonds. The molecule has 1 aliphatic rings. The zero-order chi connectivity index (χ0) is 12.1. The molecule has 2 N–H and O–H groups in total. The van der Waals surface area contributed by atoms with Crippen LogP contribution in [0.1, 0.15) is 37.3 Å². The molecule has 1 aliphatic carbocycles. The molecule has 1 saturated carbocycles. The van der Waals surface area contributed by atoms with E-state index >= 15 is 0 Å². The van der Waals surface area contributed by atoms with Crippen molar-refractivity contribution in [2.45, 2.75) is 31.7 Å². The predicted molar refractivity (Wildman–Crippen MR) is 66.4 cm³/mol. The summed E-state index contributed by atoms with van der Waals surface area (Å²) in [6.07, 6.45) is 3.75. The van der Waals surface area contributed by atoms with Crippen molar-refractivity contribution >= 4 is 5.91 Å². The van der Waals surface area contributed by atoms with Crippen LogP contribution < -0.4 is 5.32 Å². The monoisotopic (exact) mass is 233 g/mol. The highest BCUT2D eigenvalue weighted by atomic mass is 16.3. The van der Waals surface area contributed by atoms with Gasteiger partial charge >= 0.3 is 0 Å².